The van der Waals surface area contributed by atoms with Gasteiger partial charge in [0.05, 0.1) is 13.1 Å². The molecule has 0 atom stereocenters. The second-order valence-corrected chi connectivity index (χ2v) is 2.54. The molecule has 1 saturated heterocycles. The highest BCUT2D eigenvalue weighted by molar-refractivity contribution is 5.85. The number of halogens is 1. The number of carbonyl (C=O) groups is 2. The predicted octanol–water partition coefficient (Wildman–Crippen LogP) is 0.272. The Labute approximate surface area is 72.2 Å². The molecule has 0 aliphatic carbocycles. The van der Waals surface area contributed by atoms with Crippen molar-refractivity contribution < 1.29 is 9.59 Å². The van der Waals surface area contributed by atoms with Crippen LogP contribution in [0.15, 0.2) is 0 Å². The summed E-state index contributed by atoms with van der Waals surface area (Å²) in [6, 6.07) is 0. The van der Waals surface area contributed by atoms with Gasteiger partial charge in [0.2, 0.25) is 0 Å². The fourth-order valence-corrected chi connectivity index (χ4v) is 1.17. The zero-order valence-corrected chi connectivity index (χ0v) is 7.10. The highest BCUT2D eigenvalue weighted by Gasteiger charge is 2.15. The van der Waals surface area contributed by atoms with Gasteiger partial charge in [0.1, 0.15) is 12.1 Å². The number of hydrogen-bond donors (Lipinski definition) is 0. The molecule has 3 nitrogen and oxygen atoms in total. The lowest BCUT2D eigenvalue weighted by Crippen LogP contribution is -2.36. The lowest BCUT2D eigenvalue weighted by molar-refractivity contribution is -0.122. The average molecular weight is 178 g/mol. The minimum absolute atomic E-state index is 0. The Morgan fingerprint density at radius 3 is 2.82 bits per heavy atom. The van der Waals surface area contributed by atoms with Crippen molar-refractivity contribution in [3.63, 3.8) is 0 Å². The largest absolute Gasteiger partial charge is 0.302 e. The Bertz CT molecular complexity index is 149. The number of Topliss-reactive ketones (excluding diaryl/α,β-unsaturated/α-hetero) is 1. The molecule has 0 saturated carbocycles. The molecule has 0 aromatic heterocycles. The summed E-state index contributed by atoms with van der Waals surface area (Å²) < 4.78 is 0. The first-order valence-corrected chi connectivity index (χ1v) is 3.50. The summed E-state index contributed by atoms with van der Waals surface area (Å²) in [5, 5.41) is 0. The number of ketones is 1. The van der Waals surface area contributed by atoms with Crippen molar-refractivity contribution in [2.45, 2.75) is 12.8 Å². The SMILES string of the molecule is Cl.O=CCN1CCCC(=O)C1. The Morgan fingerprint density at radius 2 is 2.27 bits per heavy atom. The number of nitrogens with zero attached hydrogens (tertiary/aromatic N) is 1. The van der Waals surface area contributed by atoms with Gasteiger partial charge >= 0.3 is 0 Å². The Kier molecular flexibility index (Phi) is 5.07. The molecule has 64 valence electrons. The minimum Gasteiger partial charge on any atom is -0.302 e. The number of likely N-dealkylation sites (tertiary alicyclic amines) is 1. The van der Waals surface area contributed by atoms with Crippen LogP contribution in [0.2, 0.25) is 0 Å². The molecule has 0 N–H and O–H groups in total. The highest BCUT2D eigenvalue weighted by Crippen LogP contribution is 2.03. The molecule has 0 amide bonds. The van der Waals surface area contributed by atoms with E-state index in [9.17, 15) is 9.59 Å². The van der Waals surface area contributed by atoms with Crippen LogP contribution in [0.3, 0.4) is 0 Å². The van der Waals surface area contributed by atoms with Gasteiger partial charge in [0, 0.05) is 6.42 Å². The van der Waals surface area contributed by atoms with Crippen molar-refractivity contribution in [3.8, 4) is 0 Å². The van der Waals surface area contributed by atoms with E-state index in [4.69, 9.17) is 0 Å². The summed E-state index contributed by atoms with van der Waals surface area (Å²) in [4.78, 5) is 22.7. The number of carbonyl (C=O) groups excluding carboxylic acids is 2. The second kappa shape index (κ2) is 5.27. The third-order valence-corrected chi connectivity index (χ3v) is 1.66. The number of hydrogen-bond acceptors (Lipinski definition) is 3. The van der Waals surface area contributed by atoms with Crippen LogP contribution >= 0.6 is 12.4 Å². The van der Waals surface area contributed by atoms with E-state index in [2.05, 4.69) is 0 Å². The zero-order valence-electron chi connectivity index (χ0n) is 6.28. The van der Waals surface area contributed by atoms with Gasteiger partial charge in [0.25, 0.3) is 0 Å². The Hall–Kier alpha value is -0.410. The van der Waals surface area contributed by atoms with Crippen LogP contribution in [-0.4, -0.2) is 36.6 Å². The molecule has 0 aromatic carbocycles. The predicted molar refractivity (Wildman–Crippen MR) is 44.0 cm³/mol. The van der Waals surface area contributed by atoms with Crippen LogP contribution in [-0.2, 0) is 9.59 Å². The summed E-state index contributed by atoms with van der Waals surface area (Å²) in [5.74, 6) is 0.258. The monoisotopic (exact) mass is 177 g/mol. The second-order valence-electron chi connectivity index (χ2n) is 2.54. The molecule has 0 bridgehead atoms. The van der Waals surface area contributed by atoms with Gasteiger partial charge in [-0.3, -0.25) is 9.69 Å². The molecule has 1 aliphatic heterocycles. The van der Waals surface area contributed by atoms with Crippen LogP contribution in [0, 0.1) is 0 Å². The van der Waals surface area contributed by atoms with Crippen LogP contribution in [0.5, 0.6) is 0 Å². The summed E-state index contributed by atoms with van der Waals surface area (Å²) in [6.07, 6.45) is 2.45. The quantitative estimate of drug-likeness (QED) is 0.569. The van der Waals surface area contributed by atoms with E-state index < -0.39 is 0 Å². The first-order chi connectivity index (χ1) is 4.83. The fourth-order valence-electron chi connectivity index (χ4n) is 1.17. The molecule has 0 unspecified atom stereocenters. The average Bonchev–Trinajstić information content (AvgIpc) is 1.88. The van der Waals surface area contributed by atoms with Gasteiger partial charge in [-0.1, -0.05) is 0 Å². The lowest BCUT2D eigenvalue weighted by atomic mass is 10.1. The van der Waals surface area contributed by atoms with Gasteiger partial charge < -0.3 is 4.79 Å². The third-order valence-electron chi connectivity index (χ3n) is 1.66. The van der Waals surface area contributed by atoms with Gasteiger partial charge in [-0.2, -0.15) is 0 Å². The maximum atomic E-state index is 10.8. The summed E-state index contributed by atoms with van der Waals surface area (Å²) in [6.45, 7) is 1.77. The van der Waals surface area contributed by atoms with Gasteiger partial charge in [-0.05, 0) is 13.0 Å². The zero-order chi connectivity index (χ0) is 7.40. The fraction of sp³-hybridized carbons (Fsp3) is 0.714. The smallest absolute Gasteiger partial charge is 0.146 e. The van der Waals surface area contributed by atoms with E-state index in [0.717, 1.165) is 19.3 Å². The van der Waals surface area contributed by atoms with E-state index in [0.29, 0.717) is 19.5 Å². The number of rotatable bonds is 2. The van der Waals surface area contributed by atoms with Crippen LogP contribution in [0.4, 0.5) is 0 Å². The minimum atomic E-state index is 0. The standard InChI is InChI=1S/C7H11NO2.ClH/c9-5-4-8-3-1-2-7(10)6-8;/h5H,1-4,6H2;1H. The first-order valence-electron chi connectivity index (χ1n) is 3.50. The van der Waals surface area contributed by atoms with Crippen molar-refractivity contribution in [2.75, 3.05) is 19.6 Å². The van der Waals surface area contributed by atoms with Crippen molar-refractivity contribution >= 4 is 24.5 Å². The van der Waals surface area contributed by atoms with Crippen molar-refractivity contribution in [1.29, 1.82) is 0 Å². The van der Waals surface area contributed by atoms with Crippen LogP contribution in [0.25, 0.3) is 0 Å². The van der Waals surface area contributed by atoms with Crippen molar-refractivity contribution in [2.24, 2.45) is 0 Å². The molecule has 0 spiro atoms. The Morgan fingerprint density at radius 1 is 1.55 bits per heavy atom. The maximum absolute atomic E-state index is 10.8. The summed E-state index contributed by atoms with van der Waals surface area (Å²) in [5.41, 5.74) is 0. The van der Waals surface area contributed by atoms with E-state index in [-0.39, 0.29) is 18.2 Å². The first kappa shape index (κ1) is 10.6. The molecule has 0 aromatic rings. The topological polar surface area (TPSA) is 37.4 Å². The van der Waals surface area contributed by atoms with E-state index >= 15 is 0 Å². The van der Waals surface area contributed by atoms with Crippen LogP contribution < -0.4 is 0 Å². The highest BCUT2D eigenvalue weighted by atomic mass is 35.5. The van der Waals surface area contributed by atoms with Gasteiger partial charge in [0.15, 0.2) is 0 Å². The van der Waals surface area contributed by atoms with Crippen molar-refractivity contribution in [3.05, 3.63) is 0 Å². The molecular weight excluding hydrogens is 166 g/mol. The number of aldehydes is 1. The molecule has 1 aliphatic rings. The molecule has 1 fully saturated rings. The summed E-state index contributed by atoms with van der Waals surface area (Å²) in [7, 11) is 0. The van der Waals surface area contributed by atoms with E-state index in [1.807, 2.05) is 4.90 Å². The maximum Gasteiger partial charge on any atom is 0.146 e. The molecule has 1 rings (SSSR count). The molecule has 4 heteroatoms. The number of piperidine rings is 1. The molecular formula is C7H12ClNO2. The summed E-state index contributed by atoms with van der Waals surface area (Å²) >= 11 is 0. The lowest BCUT2D eigenvalue weighted by Gasteiger charge is -2.22. The molecule has 0 radical (unpaired) electrons. The van der Waals surface area contributed by atoms with Gasteiger partial charge in [-0.15, -0.1) is 12.4 Å². The van der Waals surface area contributed by atoms with Crippen molar-refractivity contribution in [1.82, 2.24) is 4.90 Å². The molecule has 1 heterocycles. The van der Waals surface area contributed by atoms with E-state index in [1.54, 1.807) is 0 Å². The van der Waals surface area contributed by atoms with Crippen LogP contribution in [0.1, 0.15) is 12.8 Å². The normalized spacial score (nSPS) is 19.1. The molecule has 11 heavy (non-hydrogen) atoms. The Balaban J connectivity index is 0.000001000. The van der Waals surface area contributed by atoms with E-state index in [1.165, 1.54) is 0 Å². The van der Waals surface area contributed by atoms with Gasteiger partial charge in [-0.25, -0.2) is 0 Å². The third kappa shape index (κ3) is 3.49.